The molecule has 0 aromatic heterocycles. The quantitative estimate of drug-likeness (QED) is 0.563. The summed E-state index contributed by atoms with van der Waals surface area (Å²) in [5.41, 5.74) is 1.90. The third-order valence-corrected chi connectivity index (χ3v) is 1.77. The molecule has 3 heteroatoms. The fourth-order valence-corrected chi connectivity index (χ4v) is 1.28. The van der Waals surface area contributed by atoms with E-state index >= 15 is 0 Å². The summed E-state index contributed by atoms with van der Waals surface area (Å²) in [5, 5.41) is 0. The first-order valence-electron chi connectivity index (χ1n) is 4.28. The van der Waals surface area contributed by atoms with Crippen molar-refractivity contribution in [1.82, 2.24) is 0 Å². The van der Waals surface area contributed by atoms with Crippen molar-refractivity contribution in [3.63, 3.8) is 0 Å². The van der Waals surface area contributed by atoms with Crippen LogP contribution < -0.4 is 4.74 Å². The van der Waals surface area contributed by atoms with E-state index in [9.17, 15) is 4.79 Å². The first kappa shape index (κ1) is 10.9. The Morgan fingerprint density at radius 1 is 1.43 bits per heavy atom. The summed E-state index contributed by atoms with van der Waals surface area (Å²) in [6, 6.07) is 7.41. The number of hydrogen-bond donors (Lipinski definition) is 0. The van der Waals surface area contributed by atoms with Crippen LogP contribution in [0, 0.1) is 0 Å². The third-order valence-electron chi connectivity index (χ3n) is 1.65. The Morgan fingerprint density at radius 2 is 2.00 bits per heavy atom. The van der Waals surface area contributed by atoms with Crippen molar-refractivity contribution < 1.29 is 9.53 Å². The zero-order chi connectivity index (χ0) is 10.6. The lowest BCUT2D eigenvalue weighted by Gasteiger charge is -2.03. The van der Waals surface area contributed by atoms with Gasteiger partial charge in [0.05, 0.1) is 0 Å². The number of carbonyl (C=O) groups is 1. The predicted molar refractivity (Wildman–Crippen MR) is 60.7 cm³/mol. The van der Waals surface area contributed by atoms with Gasteiger partial charge in [0.2, 0.25) is 0 Å². The van der Waals surface area contributed by atoms with Crippen LogP contribution in [0.2, 0.25) is 0 Å². The maximum atomic E-state index is 10.6. The number of allylic oxidation sites excluding steroid dienone is 1. The van der Waals surface area contributed by atoms with E-state index in [1.54, 1.807) is 12.1 Å². The monoisotopic (exact) mass is 208 g/mol. The molecule has 0 heterocycles. The van der Waals surface area contributed by atoms with E-state index in [4.69, 9.17) is 4.74 Å². The van der Waals surface area contributed by atoms with E-state index in [1.165, 1.54) is 5.56 Å². The van der Waals surface area contributed by atoms with Crippen LogP contribution in [-0.4, -0.2) is 5.71 Å². The summed E-state index contributed by atoms with van der Waals surface area (Å²) in [5.74, 6) is 0.565. The molecule has 1 unspecified atom stereocenters. The van der Waals surface area contributed by atoms with Crippen molar-refractivity contribution >= 4 is 15.0 Å². The van der Waals surface area contributed by atoms with E-state index in [2.05, 4.69) is 6.58 Å². The van der Waals surface area contributed by atoms with Crippen LogP contribution in [-0.2, 0) is 6.42 Å². The number of carbonyl (C=O) groups excluding carboxylic acids is 1. The molecular formula is C11H13O2P. The lowest BCUT2D eigenvalue weighted by molar-refractivity contribution is 0.227. The van der Waals surface area contributed by atoms with Crippen molar-refractivity contribution in [1.29, 1.82) is 0 Å². The van der Waals surface area contributed by atoms with Crippen LogP contribution in [0.25, 0.3) is 0 Å². The average Bonchev–Trinajstić information content (AvgIpc) is 2.06. The van der Waals surface area contributed by atoms with Gasteiger partial charge in [-0.2, -0.15) is 0 Å². The highest BCUT2D eigenvalue weighted by Crippen LogP contribution is 2.15. The van der Waals surface area contributed by atoms with Gasteiger partial charge in [-0.3, -0.25) is 0 Å². The van der Waals surface area contributed by atoms with Crippen LogP contribution in [0.4, 0.5) is 4.79 Å². The highest BCUT2D eigenvalue weighted by molar-refractivity contribution is 7.39. The van der Waals surface area contributed by atoms with Crippen LogP contribution in [0.1, 0.15) is 12.5 Å². The van der Waals surface area contributed by atoms with E-state index < -0.39 is 0 Å². The van der Waals surface area contributed by atoms with Crippen molar-refractivity contribution in [2.24, 2.45) is 0 Å². The number of hydrogen-bond acceptors (Lipinski definition) is 2. The molecular weight excluding hydrogens is 195 g/mol. The van der Waals surface area contributed by atoms with Crippen molar-refractivity contribution in [2.45, 2.75) is 13.3 Å². The van der Waals surface area contributed by atoms with Crippen LogP contribution in [0.3, 0.4) is 0 Å². The van der Waals surface area contributed by atoms with Crippen molar-refractivity contribution in [3.05, 3.63) is 42.0 Å². The lowest BCUT2D eigenvalue weighted by atomic mass is 10.1. The van der Waals surface area contributed by atoms with Gasteiger partial charge in [-0.05, 0) is 40.3 Å². The van der Waals surface area contributed by atoms with E-state index in [-0.39, 0.29) is 5.71 Å². The molecule has 1 rings (SSSR count). The lowest BCUT2D eigenvalue weighted by Crippen LogP contribution is -1.95. The molecule has 14 heavy (non-hydrogen) atoms. The third kappa shape index (κ3) is 3.71. The molecule has 0 aliphatic carbocycles. The molecule has 0 amide bonds. The molecule has 1 atom stereocenters. The summed E-state index contributed by atoms with van der Waals surface area (Å²) in [6.45, 7) is 5.82. The van der Waals surface area contributed by atoms with Gasteiger partial charge in [-0.15, -0.1) is 0 Å². The Bertz CT molecular complexity index is 306. The molecule has 1 aromatic carbocycles. The first-order chi connectivity index (χ1) is 6.58. The van der Waals surface area contributed by atoms with Crippen molar-refractivity contribution in [3.8, 4) is 5.75 Å². The normalized spacial score (nSPS) is 9.57. The van der Waals surface area contributed by atoms with Crippen LogP contribution in [0.5, 0.6) is 5.75 Å². The highest BCUT2D eigenvalue weighted by atomic mass is 31.0. The van der Waals surface area contributed by atoms with Gasteiger partial charge in [0.25, 0.3) is 0 Å². The molecule has 74 valence electrons. The van der Waals surface area contributed by atoms with Gasteiger partial charge < -0.3 is 4.74 Å². The average molecular weight is 208 g/mol. The zero-order valence-electron chi connectivity index (χ0n) is 8.12. The summed E-state index contributed by atoms with van der Waals surface area (Å²) in [7, 11) is 1.97. The fraction of sp³-hybridized carbons (Fsp3) is 0.182. The van der Waals surface area contributed by atoms with Gasteiger partial charge in [-0.1, -0.05) is 24.3 Å². The Morgan fingerprint density at radius 3 is 2.43 bits per heavy atom. The Balaban J connectivity index is 2.68. The number of rotatable bonds is 3. The molecule has 0 bridgehead atoms. The second-order valence-electron chi connectivity index (χ2n) is 3.20. The second-order valence-corrected chi connectivity index (χ2v) is 3.67. The topological polar surface area (TPSA) is 26.3 Å². The summed E-state index contributed by atoms with van der Waals surface area (Å²) in [6.07, 6.45) is 0.856. The minimum Gasteiger partial charge on any atom is -0.424 e. The maximum Gasteiger partial charge on any atom is 0.325 e. The second kappa shape index (κ2) is 4.92. The minimum atomic E-state index is -0.377. The zero-order valence-corrected chi connectivity index (χ0v) is 9.27. The fourth-order valence-electron chi connectivity index (χ4n) is 1.14. The SMILES string of the molecule is C=C(C)Cc1ccc(OC(=O)P)cc1. The minimum absolute atomic E-state index is 0.377. The molecule has 0 saturated heterocycles. The molecule has 0 spiro atoms. The van der Waals surface area contributed by atoms with Gasteiger partial charge in [0.1, 0.15) is 5.75 Å². The van der Waals surface area contributed by atoms with Crippen LogP contribution >= 0.6 is 9.24 Å². The summed E-state index contributed by atoms with van der Waals surface area (Å²) in [4.78, 5) is 10.6. The summed E-state index contributed by atoms with van der Waals surface area (Å²) < 4.78 is 4.88. The Kier molecular flexibility index (Phi) is 3.84. The van der Waals surface area contributed by atoms with Gasteiger partial charge in [0, 0.05) is 0 Å². The van der Waals surface area contributed by atoms with Gasteiger partial charge in [-0.25, -0.2) is 4.79 Å². The van der Waals surface area contributed by atoms with E-state index in [0.29, 0.717) is 5.75 Å². The van der Waals surface area contributed by atoms with Gasteiger partial charge in [0.15, 0.2) is 0 Å². The molecule has 0 aliphatic heterocycles. The van der Waals surface area contributed by atoms with E-state index in [1.807, 2.05) is 28.3 Å². The predicted octanol–water partition coefficient (Wildman–Crippen LogP) is 3.18. The van der Waals surface area contributed by atoms with Crippen LogP contribution in [0.15, 0.2) is 36.4 Å². The van der Waals surface area contributed by atoms with Crippen molar-refractivity contribution in [2.75, 3.05) is 0 Å². The number of ether oxygens (including phenoxy) is 1. The maximum absolute atomic E-state index is 10.6. The molecule has 0 fully saturated rings. The molecule has 1 aromatic rings. The molecule has 0 radical (unpaired) electrons. The Hall–Kier alpha value is -1.14. The molecule has 0 aliphatic rings. The number of benzene rings is 1. The van der Waals surface area contributed by atoms with Gasteiger partial charge >= 0.3 is 5.71 Å². The standard InChI is InChI=1S/C11H13O2P/c1-8(2)7-9-3-5-10(6-4-9)13-11(12)14/h3-6H,1,7,14H2,2H3. The Labute approximate surface area is 86.2 Å². The first-order valence-corrected chi connectivity index (χ1v) is 4.86. The molecule has 0 N–H and O–H groups in total. The summed E-state index contributed by atoms with van der Waals surface area (Å²) >= 11 is 0. The van der Waals surface area contributed by atoms with E-state index in [0.717, 1.165) is 12.0 Å². The molecule has 0 saturated carbocycles. The largest absolute Gasteiger partial charge is 0.424 e. The highest BCUT2D eigenvalue weighted by Gasteiger charge is 1.98. The molecule has 2 nitrogen and oxygen atoms in total. The smallest absolute Gasteiger partial charge is 0.325 e.